The van der Waals surface area contributed by atoms with Gasteiger partial charge in [0.1, 0.15) is 0 Å². The summed E-state index contributed by atoms with van der Waals surface area (Å²) >= 11 is 0. The molecule has 1 aromatic heterocycles. The number of hydrogen-bond acceptors (Lipinski definition) is 5. The molecule has 0 fully saturated rings. The highest BCUT2D eigenvalue weighted by Crippen LogP contribution is 2.20. The molecule has 0 spiro atoms. The SMILES string of the molecule is C=CCS(=O)(=O)c1ncc(OC)c(Cc2ccccc2)n1. The van der Waals surface area contributed by atoms with Gasteiger partial charge in [0, 0.05) is 6.42 Å². The molecule has 5 nitrogen and oxygen atoms in total. The number of methoxy groups -OCH3 is 1. The number of hydrogen-bond donors (Lipinski definition) is 0. The average molecular weight is 304 g/mol. The van der Waals surface area contributed by atoms with Crippen LogP contribution >= 0.6 is 0 Å². The third-order valence-electron chi connectivity index (χ3n) is 2.86. The molecule has 1 aromatic carbocycles. The first-order valence-corrected chi connectivity index (χ1v) is 7.99. The van der Waals surface area contributed by atoms with Crippen LogP contribution in [0.25, 0.3) is 0 Å². The molecule has 0 bridgehead atoms. The zero-order valence-corrected chi connectivity index (χ0v) is 12.5. The first-order valence-electron chi connectivity index (χ1n) is 6.34. The lowest BCUT2D eigenvalue weighted by atomic mass is 10.1. The van der Waals surface area contributed by atoms with Gasteiger partial charge >= 0.3 is 0 Å². The lowest BCUT2D eigenvalue weighted by Crippen LogP contribution is -2.11. The van der Waals surface area contributed by atoms with Crippen LogP contribution in [-0.4, -0.2) is 31.2 Å². The summed E-state index contributed by atoms with van der Waals surface area (Å²) in [4.78, 5) is 8.03. The maximum Gasteiger partial charge on any atom is 0.247 e. The van der Waals surface area contributed by atoms with Crippen molar-refractivity contribution in [1.29, 1.82) is 0 Å². The van der Waals surface area contributed by atoms with E-state index in [2.05, 4.69) is 16.5 Å². The van der Waals surface area contributed by atoms with E-state index in [1.54, 1.807) is 0 Å². The summed E-state index contributed by atoms with van der Waals surface area (Å²) in [5, 5.41) is -0.200. The van der Waals surface area contributed by atoms with Crippen molar-refractivity contribution in [1.82, 2.24) is 9.97 Å². The van der Waals surface area contributed by atoms with E-state index in [9.17, 15) is 8.42 Å². The van der Waals surface area contributed by atoms with Crippen molar-refractivity contribution in [3.05, 3.63) is 60.4 Å². The fraction of sp³-hybridized carbons (Fsp3) is 0.200. The minimum absolute atomic E-state index is 0.190. The van der Waals surface area contributed by atoms with Gasteiger partial charge in [0.25, 0.3) is 0 Å². The Morgan fingerprint density at radius 3 is 2.62 bits per heavy atom. The second-order valence-corrected chi connectivity index (χ2v) is 6.33. The molecule has 6 heteroatoms. The highest BCUT2D eigenvalue weighted by molar-refractivity contribution is 7.91. The highest BCUT2D eigenvalue weighted by atomic mass is 32.2. The highest BCUT2D eigenvalue weighted by Gasteiger charge is 2.19. The Bertz CT molecular complexity index is 728. The largest absolute Gasteiger partial charge is 0.493 e. The molecule has 0 aliphatic carbocycles. The Morgan fingerprint density at radius 1 is 1.29 bits per heavy atom. The second-order valence-electron chi connectivity index (χ2n) is 4.40. The summed E-state index contributed by atoms with van der Waals surface area (Å²) in [7, 11) is -2.04. The van der Waals surface area contributed by atoms with Crippen LogP contribution in [0.1, 0.15) is 11.3 Å². The van der Waals surface area contributed by atoms with E-state index < -0.39 is 9.84 Å². The Morgan fingerprint density at radius 2 is 2.00 bits per heavy atom. The van der Waals surface area contributed by atoms with Gasteiger partial charge in [-0.2, -0.15) is 0 Å². The molecular weight excluding hydrogens is 288 g/mol. The van der Waals surface area contributed by atoms with Crippen LogP contribution < -0.4 is 4.74 Å². The number of ether oxygens (including phenoxy) is 1. The zero-order chi connectivity index (χ0) is 15.3. The molecular formula is C15H16N2O3S. The molecule has 0 radical (unpaired) electrons. The molecule has 21 heavy (non-hydrogen) atoms. The van der Waals surface area contributed by atoms with E-state index in [4.69, 9.17) is 4.74 Å². The van der Waals surface area contributed by atoms with Crippen molar-refractivity contribution in [2.75, 3.05) is 12.9 Å². The number of aromatic nitrogens is 2. The van der Waals surface area contributed by atoms with E-state index in [0.717, 1.165) is 5.56 Å². The van der Waals surface area contributed by atoms with Gasteiger partial charge in [-0.1, -0.05) is 36.4 Å². The van der Waals surface area contributed by atoms with Crippen molar-refractivity contribution < 1.29 is 13.2 Å². The molecule has 0 amide bonds. The van der Waals surface area contributed by atoms with Crippen LogP contribution in [0.2, 0.25) is 0 Å². The maximum atomic E-state index is 12.0. The smallest absolute Gasteiger partial charge is 0.247 e. The minimum Gasteiger partial charge on any atom is -0.493 e. The number of rotatable bonds is 6. The fourth-order valence-corrected chi connectivity index (χ4v) is 2.78. The van der Waals surface area contributed by atoms with Crippen molar-refractivity contribution in [2.24, 2.45) is 0 Å². The third-order valence-corrected chi connectivity index (χ3v) is 4.28. The molecule has 0 atom stereocenters. The van der Waals surface area contributed by atoms with Crippen LogP contribution in [0.4, 0.5) is 0 Å². The Balaban J connectivity index is 2.41. The third kappa shape index (κ3) is 3.66. The van der Waals surface area contributed by atoms with Gasteiger partial charge in [-0.25, -0.2) is 18.4 Å². The number of nitrogens with zero attached hydrogens (tertiary/aromatic N) is 2. The van der Waals surface area contributed by atoms with Crippen molar-refractivity contribution in [2.45, 2.75) is 11.6 Å². The van der Waals surface area contributed by atoms with E-state index in [-0.39, 0.29) is 10.9 Å². The van der Waals surface area contributed by atoms with Gasteiger partial charge in [-0.3, -0.25) is 0 Å². The predicted molar refractivity (Wildman–Crippen MR) is 80.1 cm³/mol. The fourth-order valence-electron chi connectivity index (χ4n) is 1.85. The Kier molecular flexibility index (Phi) is 4.70. The lowest BCUT2D eigenvalue weighted by molar-refractivity contribution is 0.403. The van der Waals surface area contributed by atoms with Crippen molar-refractivity contribution in [3.8, 4) is 5.75 Å². The van der Waals surface area contributed by atoms with Gasteiger partial charge in [-0.15, -0.1) is 6.58 Å². The van der Waals surface area contributed by atoms with Crippen LogP contribution in [0.15, 0.2) is 54.3 Å². The van der Waals surface area contributed by atoms with Crippen LogP contribution in [0.3, 0.4) is 0 Å². The second kappa shape index (κ2) is 6.49. The molecule has 1 heterocycles. The maximum absolute atomic E-state index is 12.0. The van der Waals surface area contributed by atoms with Gasteiger partial charge in [0.2, 0.25) is 15.0 Å². The molecule has 0 aliphatic rings. The van der Waals surface area contributed by atoms with Gasteiger partial charge in [-0.05, 0) is 5.56 Å². The van der Waals surface area contributed by atoms with Gasteiger partial charge in [0.05, 0.1) is 24.8 Å². The standard InChI is InChI=1S/C15H16N2O3S/c1-3-9-21(18,19)15-16-11-14(20-2)13(17-15)10-12-7-5-4-6-8-12/h3-8,11H,1,9-10H2,2H3. The monoisotopic (exact) mass is 304 g/mol. The molecule has 0 aliphatic heterocycles. The Labute approximate surface area is 124 Å². The lowest BCUT2D eigenvalue weighted by Gasteiger charge is -2.09. The first kappa shape index (κ1) is 15.2. The van der Waals surface area contributed by atoms with Crippen LogP contribution in [-0.2, 0) is 16.3 Å². The van der Waals surface area contributed by atoms with Gasteiger partial charge < -0.3 is 4.74 Å². The molecule has 0 N–H and O–H groups in total. The van der Waals surface area contributed by atoms with E-state index in [0.29, 0.717) is 17.9 Å². The number of benzene rings is 1. The molecule has 110 valence electrons. The normalized spacial score (nSPS) is 11.1. The van der Waals surface area contributed by atoms with E-state index in [1.807, 2.05) is 30.3 Å². The van der Waals surface area contributed by atoms with Crippen molar-refractivity contribution in [3.63, 3.8) is 0 Å². The molecule has 2 aromatic rings. The zero-order valence-electron chi connectivity index (χ0n) is 11.7. The summed E-state index contributed by atoms with van der Waals surface area (Å²) < 4.78 is 29.2. The topological polar surface area (TPSA) is 69.2 Å². The summed E-state index contributed by atoms with van der Waals surface area (Å²) in [6.45, 7) is 3.44. The van der Waals surface area contributed by atoms with Crippen LogP contribution in [0.5, 0.6) is 5.75 Å². The number of sulfone groups is 1. The minimum atomic E-state index is -3.55. The molecule has 0 saturated carbocycles. The predicted octanol–water partition coefficient (Wildman–Crippen LogP) is 2.04. The summed E-state index contributed by atoms with van der Waals surface area (Å²) in [5.74, 6) is 0.279. The first-order chi connectivity index (χ1) is 10.1. The van der Waals surface area contributed by atoms with E-state index >= 15 is 0 Å². The average Bonchev–Trinajstić information content (AvgIpc) is 2.48. The van der Waals surface area contributed by atoms with E-state index in [1.165, 1.54) is 19.4 Å². The molecule has 0 saturated heterocycles. The quantitative estimate of drug-likeness (QED) is 0.603. The summed E-state index contributed by atoms with van der Waals surface area (Å²) in [6.07, 6.45) is 3.18. The van der Waals surface area contributed by atoms with Crippen molar-refractivity contribution >= 4 is 9.84 Å². The summed E-state index contributed by atoms with van der Waals surface area (Å²) in [5.41, 5.74) is 1.56. The van der Waals surface area contributed by atoms with Gasteiger partial charge in [0.15, 0.2) is 5.75 Å². The Hall–Kier alpha value is -2.21. The molecule has 0 unspecified atom stereocenters. The molecule has 2 rings (SSSR count). The van der Waals surface area contributed by atoms with Crippen LogP contribution in [0, 0.1) is 0 Å². The summed E-state index contributed by atoms with van der Waals surface area (Å²) in [6, 6.07) is 9.64.